The van der Waals surface area contributed by atoms with Gasteiger partial charge in [-0.1, -0.05) is 101 Å². The van der Waals surface area contributed by atoms with Gasteiger partial charge in [0.25, 0.3) is 0 Å². The molecule has 0 amide bonds. The third-order valence-corrected chi connectivity index (χ3v) is 8.98. The Morgan fingerprint density at radius 3 is 2.42 bits per heavy atom. The van der Waals surface area contributed by atoms with Gasteiger partial charge in [-0.15, -0.1) is 11.5 Å². The van der Waals surface area contributed by atoms with Crippen LogP contribution in [0.4, 0.5) is 11.5 Å². The summed E-state index contributed by atoms with van der Waals surface area (Å²) >= 11 is 2.70. The van der Waals surface area contributed by atoms with Crippen molar-refractivity contribution in [2.45, 2.75) is 115 Å². The molecule has 2 aromatic rings. The average Bonchev–Trinajstić information content (AvgIpc) is 2.88. The number of anilines is 2. The van der Waals surface area contributed by atoms with E-state index in [1.54, 1.807) is 0 Å². The van der Waals surface area contributed by atoms with Gasteiger partial charge in [0, 0.05) is 43.5 Å². The standard InChI is InChI=1S/C28H43IN4.C6H14O.H2O.2W/c1-4-5-8-16-31-25-19-27(30)32-26-18-22(14-15-24(25)26)11-7-6-9-17-33(3)21-28(2,29)20-23-12-10-13-23;1-4-6(2,3)5-7;;;/h14-16,18,23H,4-13,17,20-21H2,1-3H3,(H3,30,31,32);7H,4-5H2,1-3H3;1H2;;/q-2;;;;+2. The summed E-state index contributed by atoms with van der Waals surface area (Å²) in [5.41, 5.74) is 9.40. The van der Waals surface area contributed by atoms with E-state index in [4.69, 9.17) is 10.8 Å². The van der Waals surface area contributed by atoms with Crippen LogP contribution >= 0.6 is 22.6 Å². The largest absolute Gasteiger partial charge is 2.00 e. The molecule has 1 fully saturated rings. The predicted octanol–water partition coefficient (Wildman–Crippen LogP) is 7.99. The first-order chi connectivity index (χ1) is 19.0. The first-order valence-electron chi connectivity index (χ1n) is 15.7. The molecule has 6 N–H and O–H groups in total. The maximum atomic E-state index is 8.59. The van der Waals surface area contributed by atoms with Crippen molar-refractivity contribution in [1.29, 1.82) is 0 Å². The molecule has 1 aromatic heterocycles. The number of nitrogens with one attached hydrogen (secondary N) is 1. The van der Waals surface area contributed by atoms with Gasteiger partial charge in [0.15, 0.2) is 0 Å². The zero-order valence-electron chi connectivity index (χ0n) is 27.6. The molecular formula is C34H59IN4O2W2. The van der Waals surface area contributed by atoms with E-state index in [-0.39, 0.29) is 53.0 Å². The number of benzene rings is 1. The number of aryl methyl sites for hydroxylation is 1. The van der Waals surface area contributed by atoms with Crippen LogP contribution in [0.25, 0.3) is 10.9 Å². The molecule has 6 nitrogen and oxygen atoms in total. The number of unbranched alkanes of at least 4 members (excludes halogenated alkanes) is 4. The number of nitrogens with zero attached hydrogens (tertiary/aromatic N) is 2. The normalized spacial score (nSPS) is 14.3. The monoisotopic (exact) mass is 1050 g/mol. The molecule has 0 saturated heterocycles. The van der Waals surface area contributed by atoms with Gasteiger partial charge in [0.05, 0.1) is 0 Å². The summed E-state index contributed by atoms with van der Waals surface area (Å²) in [6.07, 6.45) is 15.0. The number of alkyl halides is 1. The van der Waals surface area contributed by atoms with Gasteiger partial charge >= 0.3 is 21.1 Å². The van der Waals surface area contributed by atoms with Crippen LogP contribution in [-0.2, 0) is 48.6 Å². The molecule has 246 valence electrons. The van der Waals surface area contributed by atoms with Crippen molar-refractivity contribution in [2.24, 2.45) is 11.3 Å². The fraction of sp³-hybridized carbons (Fsp3) is 0.706. The average molecular weight is 1050 g/mol. The molecule has 1 aliphatic carbocycles. The van der Waals surface area contributed by atoms with E-state index >= 15 is 0 Å². The Labute approximate surface area is 305 Å². The number of hydrogen-bond acceptors (Lipinski definition) is 5. The number of pyridine rings is 1. The maximum absolute atomic E-state index is 8.59. The van der Waals surface area contributed by atoms with Crippen LogP contribution in [-0.4, -0.2) is 50.6 Å². The van der Waals surface area contributed by atoms with Gasteiger partial charge in [0.1, 0.15) is 0 Å². The van der Waals surface area contributed by atoms with Crippen LogP contribution in [0.2, 0.25) is 0 Å². The molecule has 1 atom stereocenters. The first kappa shape index (κ1) is 45.3. The topological polar surface area (TPSA) is 106 Å². The Bertz CT molecular complexity index is 1000. The van der Waals surface area contributed by atoms with Gasteiger partial charge in [0.2, 0.25) is 0 Å². The number of hydrogen-bond donors (Lipinski definition) is 3. The number of aliphatic hydroxyl groups is 1. The Hall–Kier alpha value is 0.217. The summed E-state index contributed by atoms with van der Waals surface area (Å²) < 4.78 is 0.413. The Morgan fingerprint density at radius 1 is 1.16 bits per heavy atom. The first-order valence-corrected chi connectivity index (χ1v) is 16.7. The second-order valence-corrected chi connectivity index (χ2v) is 15.6. The van der Waals surface area contributed by atoms with E-state index in [9.17, 15) is 0 Å². The van der Waals surface area contributed by atoms with E-state index in [0.29, 0.717) is 15.8 Å². The summed E-state index contributed by atoms with van der Waals surface area (Å²) in [6.45, 7) is 15.6. The fourth-order valence-corrected chi connectivity index (χ4v) is 6.19. The zero-order valence-corrected chi connectivity index (χ0v) is 35.6. The van der Waals surface area contributed by atoms with Crippen molar-refractivity contribution in [3.8, 4) is 0 Å². The SMILES string of the molecule is CCC(C)(C)CO.CCCC[CH-]Nc1[c-]c(N)nc2cc(CCCCCN(C)CC(C)(I)CC3CCC3)ccc12.O.[W+2].[W]. The van der Waals surface area contributed by atoms with Crippen LogP contribution in [0.15, 0.2) is 18.2 Å². The van der Waals surface area contributed by atoms with Crippen molar-refractivity contribution >= 4 is 45.0 Å². The molecule has 0 radical (unpaired) electrons. The number of aliphatic hydroxyl groups excluding tert-OH is 1. The van der Waals surface area contributed by atoms with Crippen LogP contribution in [0, 0.1) is 23.9 Å². The zero-order chi connectivity index (χ0) is 29.6. The van der Waals surface area contributed by atoms with E-state index in [1.807, 2.05) is 13.8 Å². The molecular weight excluding hydrogens is 991 g/mol. The third-order valence-electron chi connectivity index (χ3n) is 8.20. The Kier molecular flexibility index (Phi) is 24.8. The molecule has 0 aliphatic heterocycles. The van der Waals surface area contributed by atoms with Crippen molar-refractivity contribution < 1.29 is 52.7 Å². The van der Waals surface area contributed by atoms with E-state index in [2.05, 4.69) is 96.4 Å². The van der Waals surface area contributed by atoms with E-state index < -0.39 is 0 Å². The molecule has 0 spiro atoms. The molecule has 43 heavy (non-hydrogen) atoms. The van der Waals surface area contributed by atoms with Crippen LogP contribution in [0.1, 0.15) is 111 Å². The minimum absolute atomic E-state index is 0. The van der Waals surface area contributed by atoms with Crippen molar-refractivity contribution in [1.82, 2.24) is 9.88 Å². The molecule has 1 aliphatic rings. The van der Waals surface area contributed by atoms with Gasteiger partial charge in [-0.3, -0.25) is 4.98 Å². The van der Waals surface area contributed by atoms with E-state index in [1.165, 1.54) is 76.4 Å². The van der Waals surface area contributed by atoms with Gasteiger partial charge in [-0.2, -0.15) is 18.2 Å². The van der Waals surface area contributed by atoms with Gasteiger partial charge in [-0.05, 0) is 75.0 Å². The van der Waals surface area contributed by atoms with Crippen LogP contribution < -0.4 is 11.1 Å². The Balaban J connectivity index is 0. The molecule has 1 aromatic carbocycles. The summed E-state index contributed by atoms with van der Waals surface area (Å²) in [7, 11) is 2.29. The van der Waals surface area contributed by atoms with E-state index in [0.717, 1.165) is 41.8 Å². The molecule has 1 saturated carbocycles. The number of nitrogen functional groups attached to an aromatic ring is 1. The smallest absolute Gasteiger partial charge is 0.564 e. The minimum Gasteiger partial charge on any atom is -0.564 e. The van der Waals surface area contributed by atoms with Gasteiger partial charge < -0.3 is 26.5 Å². The summed E-state index contributed by atoms with van der Waals surface area (Å²) in [5, 5.41) is 13.1. The second-order valence-electron chi connectivity index (χ2n) is 13.0. The predicted molar refractivity (Wildman–Crippen MR) is 187 cm³/mol. The summed E-state index contributed by atoms with van der Waals surface area (Å²) in [4.78, 5) is 7.07. The number of fused-ring (bicyclic) bond motifs is 1. The molecule has 0 bridgehead atoms. The molecule has 1 unspecified atom stereocenters. The quantitative estimate of drug-likeness (QED) is 0.0646. The minimum atomic E-state index is 0. The van der Waals surface area contributed by atoms with Crippen molar-refractivity contribution in [2.75, 3.05) is 37.8 Å². The number of halogens is 1. The fourth-order valence-electron chi connectivity index (χ4n) is 4.99. The Morgan fingerprint density at radius 2 is 1.86 bits per heavy atom. The molecule has 1 heterocycles. The van der Waals surface area contributed by atoms with Gasteiger partial charge in [-0.25, -0.2) is 6.54 Å². The van der Waals surface area contributed by atoms with Crippen molar-refractivity contribution in [3.63, 3.8) is 0 Å². The second kappa shape index (κ2) is 23.5. The molecule has 3 rings (SSSR count). The van der Waals surface area contributed by atoms with Crippen LogP contribution in [0.3, 0.4) is 0 Å². The summed E-state index contributed by atoms with van der Waals surface area (Å²) in [5.74, 6) is 1.43. The number of nitrogens with two attached hydrogens (primary N) is 1. The third kappa shape index (κ3) is 18.2. The summed E-state index contributed by atoms with van der Waals surface area (Å²) in [6, 6.07) is 9.77. The molecule has 9 heteroatoms. The maximum Gasteiger partial charge on any atom is 2.00 e. The number of rotatable bonds is 17. The van der Waals surface area contributed by atoms with Crippen LogP contribution in [0.5, 0.6) is 0 Å². The van der Waals surface area contributed by atoms with Crippen molar-refractivity contribution in [3.05, 3.63) is 36.4 Å². The number of aromatic nitrogens is 1.